The zero-order valence-corrected chi connectivity index (χ0v) is 18.4. The molecule has 4 atom stereocenters. The van der Waals surface area contributed by atoms with Crippen LogP contribution in [-0.4, -0.2) is 0 Å². The van der Waals surface area contributed by atoms with E-state index < -0.39 is 11.6 Å². The summed E-state index contributed by atoms with van der Waals surface area (Å²) in [7, 11) is 0. The van der Waals surface area contributed by atoms with E-state index in [1.54, 1.807) is 12.1 Å². The van der Waals surface area contributed by atoms with Crippen molar-refractivity contribution in [3.63, 3.8) is 0 Å². The normalized spacial score (nSPS) is 34.6. The van der Waals surface area contributed by atoms with E-state index in [0.29, 0.717) is 11.3 Å². The average Bonchev–Trinajstić information content (AvgIpc) is 2.80. The van der Waals surface area contributed by atoms with Crippen molar-refractivity contribution in [3.05, 3.63) is 47.5 Å². The minimum atomic E-state index is -0.754. The Hall–Kier alpha value is -1.44. The molecule has 3 aliphatic carbocycles. The molecular weight excluding hydrogens is 374 g/mol. The molecule has 0 amide bonds. The first-order chi connectivity index (χ1) is 14.6. The summed E-state index contributed by atoms with van der Waals surface area (Å²) < 4.78 is 27.6. The standard InChI is InChI=1S/C28H36F2/c1-2-18-3-5-19(6-4-18)20-7-8-22-16-23(10-9-21(22)15-20)24-11-13-26-25(17-24)12-14-27(29)28(26)30/h11-14,17-23H,2-10,15-16H2,1H3. The molecule has 0 N–H and O–H groups in total. The van der Waals surface area contributed by atoms with Gasteiger partial charge in [0.1, 0.15) is 0 Å². The summed E-state index contributed by atoms with van der Waals surface area (Å²) in [5.41, 5.74) is 1.33. The predicted molar refractivity (Wildman–Crippen MR) is 121 cm³/mol. The zero-order valence-electron chi connectivity index (χ0n) is 18.4. The minimum Gasteiger partial charge on any atom is -0.204 e. The number of benzene rings is 2. The SMILES string of the molecule is CCC1CCC(C2CCC3CC(c4ccc5c(F)c(F)ccc5c4)CCC3C2)CC1. The quantitative estimate of drug-likeness (QED) is 0.475. The van der Waals surface area contributed by atoms with E-state index in [2.05, 4.69) is 13.0 Å². The number of fused-ring (bicyclic) bond motifs is 2. The van der Waals surface area contributed by atoms with Gasteiger partial charge in [0.05, 0.1) is 0 Å². The third kappa shape index (κ3) is 3.92. The van der Waals surface area contributed by atoms with Gasteiger partial charge in [-0.15, -0.1) is 0 Å². The Labute approximate surface area is 180 Å². The molecule has 0 aromatic heterocycles. The molecule has 0 aliphatic heterocycles. The Morgan fingerprint density at radius 3 is 2.17 bits per heavy atom. The van der Waals surface area contributed by atoms with Crippen LogP contribution < -0.4 is 0 Å². The highest BCUT2D eigenvalue weighted by atomic mass is 19.2. The van der Waals surface area contributed by atoms with Crippen LogP contribution >= 0.6 is 0 Å². The third-order valence-corrected chi connectivity index (χ3v) is 9.19. The second-order valence-corrected chi connectivity index (χ2v) is 10.6. The Balaban J connectivity index is 1.23. The summed E-state index contributed by atoms with van der Waals surface area (Å²) in [4.78, 5) is 0. The lowest BCUT2D eigenvalue weighted by molar-refractivity contribution is 0.0716. The molecule has 30 heavy (non-hydrogen) atoms. The average molecular weight is 411 g/mol. The third-order valence-electron chi connectivity index (χ3n) is 9.19. The van der Waals surface area contributed by atoms with Gasteiger partial charge in [-0.2, -0.15) is 0 Å². The molecule has 0 spiro atoms. The molecule has 0 nitrogen and oxygen atoms in total. The second-order valence-electron chi connectivity index (χ2n) is 10.6. The molecule has 3 saturated carbocycles. The molecular formula is C28H36F2. The molecule has 162 valence electrons. The highest BCUT2D eigenvalue weighted by Crippen LogP contribution is 2.51. The number of hydrogen-bond acceptors (Lipinski definition) is 0. The number of hydrogen-bond donors (Lipinski definition) is 0. The smallest absolute Gasteiger partial charge is 0.166 e. The van der Waals surface area contributed by atoms with Gasteiger partial charge in [-0.1, -0.05) is 50.5 Å². The van der Waals surface area contributed by atoms with Crippen LogP contribution in [0.3, 0.4) is 0 Å². The molecule has 0 heterocycles. The summed E-state index contributed by atoms with van der Waals surface area (Å²) in [6.07, 6.45) is 15.5. The predicted octanol–water partition coefficient (Wildman–Crippen LogP) is 8.63. The molecule has 2 aromatic carbocycles. The van der Waals surface area contributed by atoms with E-state index in [-0.39, 0.29) is 0 Å². The van der Waals surface area contributed by atoms with Gasteiger partial charge < -0.3 is 0 Å². The van der Waals surface area contributed by atoms with Crippen LogP contribution in [0.15, 0.2) is 30.3 Å². The molecule has 3 aliphatic rings. The van der Waals surface area contributed by atoms with Gasteiger partial charge in [-0.3, -0.25) is 0 Å². The summed E-state index contributed by atoms with van der Waals surface area (Å²) in [6.45, 7) is 2.36. The first-order valence-electron chi connectivity index (χ1n) is 12.5. The van der Waals surface area contributed by atoms with Gasteiger partial charge in [0.2, 0.25) is 0 Å². The van der Waals surface area contributed by atoms with Gasteiger partial charge in [-0.25, -0.2) is 8.78 Å². The van der Waals surface area contributed by atoms with Gasteiger partial charge in [0.25, 0.3) is 0 Å². The molecule has 2 aromatic rings. The van der Waals surface area contributed by atoms with E-state index in [1.165, 1.54) is 82.3 Å². The Kier molecular flexibility index (Phi) is 5.86. The van der Waals surface area contributed by atoms with Crippen molar-refractivity contribution in [2.75, 3.05) is 0 Å². The summed E-state index contributed by atoms with van der Waals surface area (Å²) >= 11 is 0. The Bertz CT molecular complexity index is 880. The molecule has 2 heteroatoms. The maximum absolute atomic E-state index is 14.1. The van der Waals surface area contributed by atoms with Gasteiger partial charge >= 0.3 is 0 Å². The largest absolute Gasteiger partial charge is 0.204 e. The van der Waals surface area contributed by atoms with Crippen LogP contribution in [-0.2, 0) is 0 Å². The lowest BCUT2D eigenvalue weighted by Gasteiger charge is -2.45. The van der Waals surface area contributed by atoms with E-state index in [4.69, 9.17) is 0 Å². The fourth-order valence-corrected chi connectivity index (χ4v) is 7.26. The van der Waals surface area contributed by atoms with Gasteiger partial charge in [-0.05, 0) is 104 Å². The summed E-state index contributed by atoms with van der Waals surface area (Å²) in [5.74, 6) is 3.90. The zero-order chi connectivity index (χ0) is 20.7. The van der Waals surface area contributed by atoms with Crippen molar-refractivity contribution in [2.45, 2.75) is 83.5 Å². The lowest BCUT2D eigenvalue weighted by Crippen LogP contribution is -2.34. The van der Waals surface area contributed by atoms with Crippen LogP contribution in [0.2, 0.25) is 0 Å². The second kappa shape index (κ2) is 8.60. The Morgan fingerprint density at radius 2 is 1.40 bits per heavy atom. The maximum atomic E-state index is 14.1. The minimum absolute atomic E-state index is 0.408. The first kappa shape index (κ1) is 20.5. The number of halogens is 2. The molecule has 3 fully saturated rings. The first-order valence-corrected chi connectivity index (χ1v) is 12.5. The van der Waals surface area contributed by atoms with Crippen LogP contribution in [0.5, 0.6) is 0 Å². The van der Waals surface area contributed by atoms with Crippen molar-refractivity contribution >= 4 is 10.8 Å². The monoisotopic (exact) mass is 410 g/mol. The van der Waals surface area contributed by atoms with E-state index in [1.807, 2.05) is 6.07 Å². The van der Waals surface area contributed by atoms with Crippen molar-refractivity contribution < 1.29 is 8.78 Å². The summed E-state index contributed by atoms with van der Waals surface area (Å²) in [6, 6.07) is 8.93. The van der Waals surface area contributed by atoms with E-state index in [9.17, 15) is 8.78 Å². The van der Waals surface area contributed by atoms with Crippen LogP contribution in [0.1, 0.15) is 89.0 Å². The van der Waals surface area contributed by atoms with Crippen LogP contribution in [0.25, 0.3) is 10.8 Å². The molecule has 4 unspecified atom stereocenters. The number of rotatable bonds is 3. The van der Waals surface area contributed by atoms with E-state index in [0.717, 1.165) is 35.0 Å². The van der Waals surface area contributed by atoms with Crippen LogP contribution in [0, 0.1) is 41.2 Å². The fraction of sp³-hybridized carbons (Fsp3) is 0.643. The van der Waals surface area contributed by atoms with Crippen molar-refractivity contribution in [2.24, 2.45) is 29.6 Å². The molecule has 0 saturated heterocycles. The van der Waals surface area contributed by atoms with Crippen molar-refractivity contribution in [3.8, 4) is 0 Å². The topological polar surface area (TPSA) is 0 Å². The fourth-order valence-electron chi connectivity index (χ4n) is 7.26. The van der Waals surface area contributed by atoms with Crippen LogP contribution in [0.4, 0.5) is 8.78 Å². The highest BCUT2D eigenvalue weighted by molar-refractivity contribution is 5.84. The molecule has 5 rings (SSSR count). The summed E-state index contributed by atoms with van der Waals surface area (Å²) in [5, 5.41) is 1.24. The van der Waals surface area contributed by atoms with Crippen molar-refractivity contribution in [1.29, 1.82) is 0 Å². The lowest BCUT2D eigenvalue weighted by atomic mass is 9.60. The molecule has 0 radical (unpaired) electrons. The van der Waals surface area contributed by atoms with Gasteiger partial charge in [0.15, 0.2) is 11.6 Å². The molecule has 0 bridgehead atoms. The van der Waals surface area contributed by atoms with E-state index >= 15 is 0 Å². The van der Waals surface area contributed by atoms with Crippen molar-refractivity contribution in [1.82, 2.24) is 0 Å². The maximum Gasteiger partial charge on any atom is 0.166 e. The van der Waals surface area contributed by atoms with Gasteiger partial charge in [0, 0.05) is 5.39 Å². The highest BCUT2D eigenvalue weighted by Gasteiger charge is 2.39. The Morgan fingerprint density at radius 1 is 0.733 bits per heavy atom.